The Balaban J connectivity index is 1.84. The van der Waals surface area contributed by atoms with Crippen LogP contribution in [0.4, 0.5) is 0 Å². The van der Waals surface area contributed by atoms with Crippen LogP contribution in [-0.2, 0) is 13.0 Å². The summed E-state index contributed by atoms with van der Waals surface area (Å²) in [6, 6.07) is 5.85. The normalized spacial score (nSPS) is 10.3. The summed E-state index contributed by atoms with van der Waals surface area (Å²) in [5.41, 5.74) is 1.88. The Hall–Kier alpha value is -2.01. The molecule has 5 heteroatoms. The molecule has 0 saturated carbocycles. The van der Waals surface area contributed by atoms with Gasteiger partial charge < -0.3 is 10.1 Å². The summed E-state index contributed by atoms with van der Waals surface area (Å²) in [6.07, 6.45) is 5.89. The van der Waals surface area contributed by atoms with Crippen molar-refractivity contribution in [2.75, 3.05) is 13.7 Å². The van der Waals surface area contributed by atoms with Crippen LogP contribution in [-0.4, -0.2) is 28.6 Å². The lowest BCUT2D eigenvalue weighted by molar-refractivity contribution is 0.305. The standard InChI is InChI=1S/C13H16N4O/c1-14-8-12-9-15-10-13(17-12)18-7-5-11-4-2-3-6-16-11/h2-4,6,9-10,14H,5,7-8H2,1H3. The molecule has 1 N–H and O–H groups in total. The first-order valence-electron chi connectivity index (χ1n) is 5.86. The van der Waals surface area contributed by atoms with E-state index in [-0.39, 0.29) is 0 Å². The maximum Gasteiger partial charge on any atom is 0.232 e. The summed E-state index contributed by atoms with van der Waals surface area (Å²) >= 11 is 0. The van der Waals surface area contributed by atoms with Gasteiger partial charge in [0.15, 0.2) is 0 Å². The molecule has 18 heavy (non-hydrogen) atoms. The maximum atomic E-state index is 5.56. The van der Waals surface area contributed by atoms with E-state index in [1.807, 2.05) is 25.2 Å². The van der Waals surface area contributed by atoms with Gasteiger partial charge in [-0.1, -0.05) is 6.07 Å². The SMILES string of the molecule is CNCc1cncc(OCCc2ccccn2)n1. The Morgan fingerprint density at radius 1 is 1.22 bits per heavy atom. The zero-order valence-corrected chi connectivity index (χ0v) is 10.3. The van der Waals surface area contributed by atoms with Crippen LogP contribution in [0.2, 0.25) is 0 Å². The summed E-state index contributed by atoms with van der Waals surface area (Å²) in [5.74, 6) is 0.554. The van der Waals surface area contributed by atoms with Crippen molar-refractivity contribution in [2.45, 2.75) is 13.0 Å². The first-order chi connectivity index (χ1) is 8.88. The van der Waals surface area contributed by atoms with Crippen LogP contribution in [0.3, 0.4) is 0 Å². The molecule has 5 nitrogen and oxygen atoms in total. The van der Waals surface area contributed by atoms with Crippen LogP contribution in [0.5, 0.6) is 5.88 Å². The van der Waals surface area contributed by atoms with Crippen LogP contribution in [0.25, 0.3) is 0 Å². The van der Waals surface area contributed by atoms with E-state index in [0.717, 1.165) is 17.8 Å². The maximum absolute atomic E-state index is 5.56. The summed E-state index contributed by atoms with van der Waals surface area (Å²) in [5, 5.41) is 3.03. The second kappa shape index (κ2) is 6.66. The van der Waals surface area contributed by atoms with Crippen molar-refractivity contribution in [3.63, 3.8) is 0 Å². The van der Waals surface area contributed by atoms with Gasteiger partial charge in [-0.3, -0.25) is 9.97 Å². The van der Waals surface area contributed by atoms with Crippen molar-refractivity contribution in [2.24, 2.45) is 0 Å². The molecule has 94 valence electrons. The van der Waals surface area contributed by atoms with E-state index in [1.165, 1.54) is 0 Å². The molecular weight excluding hydrogens is 228 g/mol. The minimum Gasteiger partial charge on any atom is -0.476 e. The molecular formula is C13H16N4O. The van der Waals surface area contributed by atoms with E-state index in [4.69, 9.17) is 4.74 Å². The Kier molecular flexibility index (Phi) is 4.60. The molecule has 0 aliphatic carbocycles. The van der Waals surface area contributed by atoms with E-state index < -0.39 is 0 Å². The molecule has 0 aliphatic rings. The fourth-order valence-electron chi connectivity index (χ4n) is 1.53. The minimum absolute atomic E-state index is 0.550. The topological polar surface area (TPSA) is 59.9 Å². The molecule has 2 aromatic rings. The molecule has 0 radical (unpaired) electrons. The fourth-order valence-corrected chi connectivity index (χ4v) is 1.53. The third-order valence-electron chi connectivity index (χ3n) is 2.35. The van der Waals surface area contributed by atoms with Gasteiger partial charge in [0.05, 0.1) is 18.5 Å². The van der Waals surface area contributed by atoms with Crippen molar-refractivity contribution in [3.05, 3.63) is 48.2 Å². The number of aromatic nitrogens is 3. The van der Waals surface area contributed by atoms with Gasteiger partial charge in [-0.2, -0.15) is 0 Å². The first kappa shape index (κ1) is 12.4. The van der Waals surface area contributed by atoms with Gasteiger partial charge in [0.1, 0.15) is 0 Å². The third kappa shape index (κ3) is 3.78. The third-order valence-corrected chi connectivity index (χ3v) is 2.35. The Morgan fingerprint density at radius 3 is 2.94 bits per heavy atom. The highest BCUT2D eigenvalue weighted by atomic mass is 16.5. The summed E-state index contributed by atoms with van der Waals surface area (Å²) in [6.45, 7) is 1.24. The van der Waals surface area contributed by atoms with Gasteiger partial charge in [0.25, 0.3) is 0 Å². The van der Waals surface area contributed by atoms with Crippen LogP contribution in [0.15, 0.2) is 36.8 Å². The van der Waals surface area contributed by atoms with Gasteiger partial charge >= 0.3 is 0 Å². The highest BCUT2D eigenvalue weighted by Gasteiger charge is 2.00. The van der Waals surface area contributed by atoms with Crippen molar-refractivity contribution < 1.29 is 4.74 Å². The van der Waals surface area contributed by atoms with Crippen LogP contribution in [0.1, 0.15) is 11.4 Å². The predicted octanol–water partition coefficient (Wildman–Crippen LogP) is 1.21. The zero-order chi connectivity index (χ0) is 12.6. The van der Waals surface area contributed by atoms with E-state index >= 15 is 0 Å². The van der Waals surface area contributed by atoms with Gasteiger partial charge in [-0.15, -0.1) is 0 Å². The molecule has 0 spiro atoms. The Bertz CT molecular complexity index is 475. The van der Waals surface area contributed by atoms with Gasteiger partial charge in [-0.05, 0) is 19.2 Å². The van der Waals surface area contributed by atoms with Crippen molar-refractivity contribution in [1.82, 2.24) is 20.3 Å². The van der Waals surface area contributed by atoms with Crippen LogP contribution in [0, 0.1) is 0 Å². The highest BCUT2D eigenvalue weighted by Crippen LogP contribution is 2.05. The molecule has 2 rings (SSSR count). The molecule has 0 atom stereocenters. The number of nitrogens with one attached hydrogen (secondary N) is 1. The number of ether oxygens (including phenoxy) is 1. The Morgan fingerprint density at radius 2 is 2.17 bits per heavy atom. The van der Waals surface area contributed by atoms with Gasteiger partial charge in [-0.25, -0.2) is 4.98 Å². The molecule has 0 fully saturated rings. The van der Waals surface area contributed by atoms with E-state index in [1.54, 1.807) is 18.6 Å². The van der Waals surface area contributed by atoms with E-state index in [0.29, 0.717) is 19.0 Å². The van der Waals surface area contributed by atoms with E-state index in [2.05, 4.69) is 20.3 Å². The molecule has 0 unspecified atom stereocenters. The number of rotatable bonds is 6. The quantitative estimate of drug-likeness (QED) is 0.827. The average Bonchev–Trinajstić information content (AvgIpc) is 2.41. The second-order valence-corrected chi connectivity index (χ2v) is 3.80. The molecule has 0 aliphatic heterocycles. The summed E-state index contributed by atoms with van der Waals surface area (Å²) in [4.78, 5) is 12.6. The van der Waals surface area contributed by atoms with Gasteiger partial charge in [0, 0.05) is 31.1 Å². The smallest absolute Gasteiger partial charge is 0.232 e. The van der Waals surface area contributed by atoms with Crippen molar-refractivity contribution >= 4 is 0 Å². The molecule has 0 amide bonds. The monoisotopic (exact) mass is 244 g/mol. The van der Waals surface area contributed by atoms with E-state index in [9.17, 15) is 0 Å². The summed E-state index contributed by atoms with van der Waals surface area (Å²) < 4.78 is 5.56. The molecule has 0 saturated heterocycles. The first-order valence-corrected chi connectivity index (χ1v) is 5.86. The zero-order valence-electron chi connectivity index (χ0n) is 10.3. The van der Waals surface area contributed by atoms with Gasteiger partial charge in [0.2, 0.25) is 5.88 Å². The number of hydrogen-bond donors (Lipinski definition) is 1. The lowest BCUT2D eigenvalue weighted by atomic mass is 10.3. The molecule has 2 heterocycles. The lowest BCUT2D eigenvalue weighted by Crippen LogP contribution is -2.09. The highest BCUT2D eigenvalue weighted by molar-refractivity contribution is 5.09. The summed E-state index contributed by atoms with van der Waals surface area (Å²) in [7, 11) is 1.87. The predicted molar refractivity (Wildman–Crippen MR) is 68.2 cm³/mol. The average molecular weight is 244 g/mol. The van der Waals surface area contributed by atoms with Crippen LogP contribution < -0.4 is 10.1 Å². The molecule has 2 aromatic heterocycles. The number of hydrogen-bond acceptors (Lipinski definition) is 5. The Labute approximate surface area is 106 Å². The lowest BCUT2D eigenvalue weighted by Gasteiger charge is -2.06. The number of pyridine rings is 1. The second-order valence-electron chi connectivity index (χ2n) is 3.80. The molecule has 0 aromatic carbocycles. The molecule has 0 bridgehead atoms. The largest absolute Gasteiger partial charge is 0.476 e. The minimum atomic E-state index is 0.550. The number of nitrogens with zero attached hydrogens (tertiary/aromatic N) is 3. The van der Waals surface area contributed by atoms with Crippen molar-refractivity contribution in [3.8, 4) is 5.88 Å². The fraction of sp³-hybridized carbons (Fsp3) is 0.308. The van der Waals surface area contributed by atoms with Crippen molar-refractivity contribution in [1.29, 1.82) is 0 Å². The van der Waals surface area contributed by atoms with Crippen LogP contribution >= 0.6 is 0 Å².